The number of rotatable bonds is 8. The molecule has 2 heterocycles. The number of hydrogen-bond acceptors (Lipinski definition) is 5. The SMILES string of the molecule is N#CCCC1(CCC#N)C(=O)c2ccccc2OC1CCCN1CCCC1. The first kappa shape index (κ1) is 19.4. The average Bonchev–Trinajstić information content (AvgIpc) is 3.21. The normalized spacial score (nSPS) is 21.1. The zero-order chi connectivity index (χ0) is 19.1. The van der Waals surface area contributed by atoms with Gasteiger partial charge in [0.25, 0.3) is 0 Å². The van der Waals surface area contributed by atoms with E-state index in [1.807, 2.05) is 18.2 Å². The van der Waals surface area contributed by atoms with Gasteiger partial charge < -0.3 is 9.64 Å². The van der Waals surface area contributed by atoms with Gasteiger partial charge in [-0.05, 0) is 70.3 Å². The Kier molecular flexibility index (Phi) is 6.48. The second-order valence-electron chi connectivity index (χ2n) is 7.60. The Morgan fingerprint density at radius 1 is 1.11 bits per heavy atom. The average molecular weight is 365 g/mol. The van der Waals surface area contributed by atoms with Crippen LogP contribution < -0.4 is 4.74 Å². The zero-order valence-corrected chi connectivity index (χ0v) is 15.8. The van der Waals surface area contributed by atoms with Crippen LogP contribution in [0.2, 0.25) is 0 Å². The Morgan fingerprint density at radius 3 is 2.44 bits per heavy atom. The van der Waals surface area contributed by atoms with Crippen LogP contribution in [0.15, 0.2) is 24.3 Å². The third-order valence-corrected chi connectivity index (χ3v) is 5.97. The lowest BCUT2D eigenvalue weighted by Crippen LogP contribution is -2.49. The van der Waals surface area contributed by atoms with Crippen molar-refractivity contribution in [1.29, 1.82) is 10.5 Å². The number of carbonyl (C=O) groups excluding carboxylic acids is 1. The third-order valence-electron chi connectivity index (χ3n) is 5.97. The van der Waals surface area contributed by atoms with Gasteiger partial charge in [0.2, 0.25) is 0 Å². The Bertz CT molecular complexity index is 723. The van der Waals surface area contributed by atoms with Gasteiger partial charge in [0.05, 0.1) is 23.1 Å². The molecule has 1 fully saturated rings. The fourth-order valence-electron chi connectivity index (χ4n) is 4.51. The van der Waals surface area contributed by atoms with E-state index < -0.39 is 5.41 Å². The number of carbonyl (C=O) groups is 1. The monoisotopic (exact) mass is 365 g/mol. The molecule has 1 aromatic rings. The van der Waals surface area contributed by atoms with E-state index in [-0.39, 0.29) is 11.9 Å². The smallest absolute Gasteiger partial charge is 0.176 e. The molecule has 1 atom stereocenters. The number of fused-ring (bicyclic) bond motifs is 1. The number of likely N-dealkylation sites (tertiary alicyclic amines) is 1. The number of hydrogen-bond donors (Lipinski definition) is 0. The molecule has 2 aliphatic rings. The molecule has 142 valence electrons. The molecule has 0 N–H and O–H groups in total. The summed E-state index contributed by atoms with van der Waals surface area (Å²) < 4.78 is 6.32. The fraction of sp³-hybridized carbons (Fsp3) is 0.591. The summed E-state index contributed by atoms with van der Waals surface area (Å²) in [6.45, 7) is 3.32. The van der Waals surface area contributed by atoms with Crippen molar-refractivity contribution in [3.63, 3.8) is 0 Å². The van der Waals surface area contributed by atoms with Gasteiger partial charge in [0.15, 0.2) is 5.78 Å². The molecular formula is C22H27N3O2. The predicted octanol–water partition coefficient (Wildman–Crippen LogP) is 4.10. The lowest BCUT2D eigenvalue weighted by Gasteiger charge is -2.43. The second kappa shape index (κ2) is 9.02. The topological polar surface area (TPSA) is 77.1 Å². The molecule has 0 aromatic heterocycles. The fourth-order valence-corrected chi connectivity index (χ4v) is 4.51. The highest BCUT2D eigenvalue weighted by Crippen LogP contribution is 2.46. The Balaban J connectivity index is 1.84. The van der Waals surface area contributed by atoms with Crippen LogP contribution in [0.3, 0.4) is 0 Å². The Labute approximate surface area is 161 Å². The number of ketones is 1. The molecule has 0 radical (unpaired) electrons. The molecule has 0 amide bonds. The molecular weight excluding hydrogens is 338 g/mol. The molecule has 0 saturated carbocycles. The molecule has 0 spiro atoms. The van der Waals surface area contributed by atoms with Gasteiger partial charge in [0, 0.05) is 12.8 Å². The first-order valence-electron chi connectivity index (χ1n) is 9.98. The van der Waals surface area contributed by atoms with E-state index in [9.17, 15) is 4.79 Å². The van der Waals surface area contributed by atoms with E-state index in [4.69, 9.17) is 15.3 Å². The highest BCUT2D eigenvalue weighted by Gasteiger charge is 2.50. The summed E-state index contributed by atoms with van der Waals surface area (Å²) in [6, 6.07) is 11.7. The van der Waals surface area contributed by atoms with Gasteiger partial charge in [-0.15, -0.1) is 0 Å². The lowest BCUT2D eigenvalue weighted by atomic mass is 9.66. The molecule has 1 aromatic carbocycles. The minimum Gasteiger partial charge on any atom is -0.489 e. The summed E-state index contributed by atoms with van der Waals surface area (Å²) in [5, 5.41) is 18.3. The van der Waals surface area contributed by atoms with Crippen LogP contribution >= 0.6 is 0 Å². The molecule has 3 rings (SSSR count). The summed E-state index contributed by atoms with van der Waals surface area (Å²) in [5.74, 6) is 0.680. The summed E-state index contributed by atoms with van der Waals surface area (Å²) in [5.41, 5.74) is -0.186. The molecule has 5 nitrogen and oxygen atoms in total. The number of benzene rings is 1. The highest BCUT2D eigenvalue weighted by molar-refractivity contribution is 6.04. The van der Waals surface area contributed by atoms with Gasteiger partial charge in [-0.2, -0.15) is 10.5 Å². The van der Waals surface area contributed by atoms with Crippen LogP contribution in [0.25, 0.3) is 0 Å². The first-order chi connectivity index (χ1) is 13.2. The van der Waals surface area contributed by atoms with Crippen LogP contribution in [0.5, 0.6) is 5.75 Å². The number of para-hydroxylation sites is 1. The molecule has 0 bridgehead atoms. The van der Waals surface area contributed by atoms with Crippen molar-refractivity contribution < 1.29 is 9.53 Å². The zero-order valence-electron chi connectivity index (χ0n) is 15.8. The first-order valence-corrected chi connectivity index (χ1v) is 9.98. The summed E-state index contributed by atoms with van der Waals surface area (Å²) in [7, 11) is 0. The maximum atomic E-state index is 13.5. The lowest BCUT2D eigenvalue weighted by molar-refractivity contribution is 0.0128. The van der Waals surface area contributed by atoms with Gasteiger partial charge in [-0.3, -0.25) is 4.79 Å². The van der Waals surface area contributed by atoms with E-state index in [1.54, 1.807) is 6.07 Å². The summed E-state index contributed by atoms with van der Waals surface area (Å²) >= 11 is 0. The standard InChI is InChI=1S/C22H27N3O2/c23-13-6-11-22(12-7-14-24)20(10-5-17-25-15-3-4-16-25)27-19-9-2-1-8-18(19)21(22)26/h1-2,8-9,20H,3-7,10-12,15-17H2. The molecule has 0 aliphatic carbocycles. The van der Waals surface area contributed by atoms with Crippen LogP contribution in [-0.2, 0) is 0 Å². The van der Waals surface area contributed by atoms with Crippen LogP contribution in [0.4, 0.5) is 0 Å². The third kappa shape index (κ3) is 4.15. The van der Waals surface area contributed by atoms with Gasteiger partial charge >= 0.3 is 0 Å². The van der Waals surface area contributed by atoms with Gasteiger partial charge in [-0.25, -0.2) is 0 Å². The minimum absolute atomic E-state index is 0.0426. The van der Waals surface area contributed by atoms with E-state index in [1.165, 1.54) is 12.8 Å². The van der Waals surface area contributed by atoms with Crippen molar-refractivity contribution in [3.8, 4) is 17.9 Å². The maximum Gasteiger partial charge on any atom is 0.176 e. The Hall–Kier alpha value is -2.37. The second-order valence-corrected chi connectivity index (χ2v) is 7.60. The highest BCUT2D eigenvalue weighted by atomic mass is 16.5. The summed E-state index contributed by atoms with van der Waals surface area (Å²) in [4.78, 5) is 15.9. The Morgan fingerprint density at radius 2 is 1.78 bits per heavy atom. The predicted molar refractivity (Wildman–Crippen MR) is 102 cm³/mol. The van der Waals surface area contributed by atoms with Crippen molar-refractivity contribution in [2.45, 2.75) is 57.5 Å². The quantitative estimate of drug-likeness (QED) is 0.693. The minimum atomic E-state index is -0.773. The summed E-state index contributed by atoms with van der Waals surface area (Å²) in [6.07, 6.45) is 5.48. The van der Waals surface area contributed by atoms with Crippen molar-refractivity contribution in [1.82, 2.24) is 4.90 Å². The van der Waals surface area contributed by atoms with E-state index in [2.05, 4.69) is 17.0 Å². The molecule has 5 heteroatoms. The van der Waals surface area contributed by atoms with Crippen molar-refractivity contribution in [2.24, 2.45) is 5.41 Å². The number of nitriles is 2. The van der Waals surface area contributed by atoms with Crippen molar-refractivity contribution >= 4 is 5.78 Å². The van der Waals surface area contributed by atoms with Crippen molar-refractivity contribution in [3.05, 3.63) is 29.8 Å². The number of ether oxygens (including phenoxy) is 1. The van der Waals surface area contributed by atoms with Crippen molar-refractivity contribution in [2.75, 3.05) is 19.6 Å². The molecule has 27 heavy (non-hydrogen) atoms. The largest absolute Gasteiger partial charge is 0.489 e. The van der Waals surface area contributed by atoms with E-state index in [0.29, 0.717) is 37.0 Å². The van der Waals surface area contributed by atoms with Crippen LogP contribution in [-0.4, -0.2) is 36.4 Å². The molecule has 1 saturated heterocycles. The number of nitrogens with zero attached hydrogens (tertiary/aromatic N) is 3. The van der Waals surface area contributed by atoms with Crippen LogP contribution in [0, 0.1) is 28.1 Å². The molecule has 1 unspecified atom stereocenters. The molecule has 2 aliphatic heterocycles. The van der Waals surface area contributed by atoms with E-state index in [0.717, 1.165) is 32.5 Å². The van der Waals surface area contributed by atoms with E-state index >= 15 is 0 Å². The number of Topliss-reactive ketones (excluding diaryl/α,β-unsaturated/α-hetero) is 1. The van der Waals surface area contributed by atoms with Gasteiger partial charge in [-0.1, -0.05) is 12.1 Å². The van der Waals surface area contributed by atoms with Gasteiger partial charge in [0.1, 0.15) is 11.9 Å². The van der Waals surface area contributed by atoms with Crippen LogP contribution in [0.1, 0.15) is 61.7 Å². The maximum absolute atomic E-state index is 13.5.